The number of para-hydroxylation sites is 3. The average molecular weight is 842 g/mol. The highest BCUT2D eigenvalue weighted by atomic mass is 15.1. The van der Waals surface area contributed by atoms with Crippen molar-refractivity contribution in [1.29, 1.82) is 10.5 Å². The number of fused-ring (bicyclic) bond motifs is 6. The molecule has 3 aromatic heterocycles. The standard InChI is InChI=1S/C59H35N7/c60-36-38-30-39(37-61)32-45(31-38)44-24-27-49-47-20-10-13-23-53(47)66(56(49)35-44)55-29-26-43(42-25-28-54-50(33-42)48-21-11-12-22-52(48)65(54)46-18-8-3-9-19-46)34-51(55)59-63-57(40-14-4-1-5-15-40)62-58(64-59)41-16-6-2-7-17-41/h1-35H. The summed E-state index contributed by atoms with van der Waals surface area (Å²) in [5, 5.41) is 24.2. The number of aromatic nitrogens is 5. The lowest BCUT2D eigenvalue weighted by molar-refractivity contribution is 1.06. The summed E-state index contributed by atoms with van der Waals surface area (Å²) in [6, 6.07) is 77.0. The fourth-order valence-electron chi connectivity index (χ4n) is 9.36. The molecule has 0 unspecified atom stereocenters. The van der Waals surface area contributed by atoms with Gasteiger partial charge in [-0.15, -0.1) is 0 Å². The molecule has 306 valence electrons. The summed E-state index contributed by atoms with van der Waals surface area (Å²) in [5.74, 6) is 1.67. The van der Waals surface area contributed by atoms with Crippen LogP contribution in [0.5, 0.6) is 0 Å². The highest BCUT2D eigenvalue weighted by Crippen LogP contribution is 2.41. The van der Waals surface area contributed by atoms with E-state index in [4.69, 9.17) is 15.0 Å². The molecule has 66 heavy (non-hydrogen) atoms. The van der Waals surface area contributed by atoms with Gasteiger partial charge in [-0.1, -0.05) is 140 Å². The van der Waals surface area contributed by atoms with Gasteiger partial charge in [0.1, 0.15) is 0 Å². The van der Waals surface area contributed by atoms with Crippen molar-refractivity contribution in [2.24, 2.45) is 0 Å². The second-order valence-electron chi connectivity index (χ2n) is 16.3. The second kappa shape index (κ2) is 15.7. The maximum absolute atomic E-state index is 9.88. The molecule has 0 saturated heterocycles. The predicted molar refractivity (Wildman–Crippen MR) is 265 cm³/mol. The fraction of sp³-hybridized carbons (Fsp3) is 0. The molecular weight excluding hydrogens is 807 g/mol. The molecule has 0 fully saturated rings. The molecule has 9 aromatic carbocycles. The van der Waals surface area contributed by atoms with Crippen molar-refractivity contribution in [1.82, 2.24) is 24.1 Å². The Morgan fingerprint density at radius 1 is 0.318 bits per heavy atom. The summed E-state index contributed by atoms with van der Waals surface area (Å²) in [6.07, 6.45) is 0. The summed E-state index contributed by atoms with van der Waals surface area (Å²) in [4.78, 5) is 15.7. The van der Waals surface area contributed by atoms with Crippen molar-refractivity contribution in [3.8, 4) is 79.9 Å². The second-order valence-corrected chi connectivity index (χ2v) is 16.3. The van der Waals surface area contributed by atoms with Gasteiger partial charge in [-0.2, -0.15) is 10.5 Å². The van der Waals surface area contributed by atoms with Crippen molar-refractivity contribution in [2.75, 3.05) is 0 Å². The molecule has 0 aliphatic carbocycles. The largest absolute Gasteiger partial charge is 0.309 e. The van der Waals surface area contributed by atoms with Crippen LogP contribution in [-0.4, -0.2) is 24.1 Å². The van der Waals surface area contributed by atoms with Crippen LogP contribution in [0.1, 0.15) is 11.1 Å². The Labute approximate surface area is 380 Å². The third-order valence-electron chi connectivity index (χ3n) is 12.4. The SMILES string of the molecule is N#Cc1cc(C#N)cc(-c2ccc3c4ccccc4n(-c4ccc(-c5ccc6c(c5)c5ccccc5n6-c5ccccc5)cc4-c4nc(-c5ccccc5)nc(-c5ccccc5)n4)c3c2)c1. The molecule has 3 heterocycles. The Morgan fingerprint density at radius 3 is 1.45 bits per heavy atom. The number of hydrogen-bond acceptors (Lipinski definition) is 5. The van der Waals surface area contributed by atoms with Gasteiger partial charge < -0.3 is 9.13 Å². The number of hydrogen-bond donors (Lipinski definition) is 0. The molecule has 0 radical (unpaired) electrons. The highest BCUT2D eigenvalue weighted by molar-refractivity contribution is 6.12. The zero-order chi connectivity index (χ0) is 44.1. The molecule has 12 rings (SSSR count). The normalized spacial score (nSPS) is 11.3. The monoisotopic (exact) mass is 841 g/mol. The molecule has 0 bridgehead atoms. The summed E-state index contributed by atoms with van der Waals surface area (Å²) < 4.78 is 4.62. The van der Waals surface area contributed by atoms with Crippen LogP contribution in [0.2, 0.25) is 0 Å². The Kier molecular flexibility index (Phi) is 9.12. The number of nitrogens with zero attached hydrogens (tertiary/aromatic N) is 7. The average Bonchev–Trinajstić information content (AvgIpc) is 3.91. The molecule has 7 heteroatoms. The summed E-state index contributed by atoms with van der Waals surface area (Å²) in [5.41, 5.74) is 13.4. The van der Waals surface area contributed by atoms with Gasteiger partial charge in [0, 0.05) is 43.9 Å². The van der Waals surface area contributed by atoms with E-state index in [0.717, 1.165) is 88.5 Å². The molecule has 0 aliphatic rings. The van der Waals surface area contributed by atoms with Crippen LogP contribution in [0.4, 0.5) is 0 Å². The van der Waals surface area contributed by atoms with Gasteiger partial charge in [0.15, 0.2) is 17.5 Å². The molecule has 0 saturated carbocycles. The van der Waals surface area contributed by atoms with Gasteiger partial charge in [0.05, 0.1) is 51.0 Å². The third-order valence-corrected chi connectivity index (χ3v) is 12.4. The van der Waals surface area contributed by atoms with E-state index in [-0.39, 0.29) is 0 Å². The molecule has 0 aliphatic heterocycles. The minimum Gasteiger partial charge on any atom is -0.309 e. The van der Waals surface area contributed by atoms with Gasteiger partial charge in [0.25, 0.3) is 0 Å². The molecule has 0 N–H and O–H groups in total. The zero-order valence-electron chi connectivity index (χ0n) is 35.3. The summed E-state index contributed by atoms with van der Waals surface area (Å²) >= 11 is 0. The molecule has 7 nitrogen and oxygen atoms in total. The van der Waals surface area contributed by atoms with E-state index >= 15 is 0 Å². The van der Waals surface area contributed by atoms with Crippen molar-refractivity contribution in [2.45, 2.75) is 0 Å². The first-order valence-electron chi connectivity index (χ1n) is 21.7. The van der Waals surface area contributed by atoms with E-state index in [0.29, 0.717) is 28.6 Å². The molecule has 0 spiro atoms. The number of nitriles is 2. The Hall–Kier alpha value is -9.43. The maximum atomic E-state index is 9.88. The van der Waals surface area contributed by atoms with Gasteiger partial charge in [-0.05, 0) is 95.1 Å². The van der Waals surface area contributed by atoms with Crippen LogP contribution in [0.3, 0.4) is 0 Å². The van der Waals surface area contributed by atoms with Crippen molar-refractivity contribution in [3.63, 3.8) is 0 Å². The van der Waals surface area contributed by atoms with Crippen molar-refractivity contribution >= 4 is 43.6 Å². The summed E-state index contributed by atoms with van der Waals surface area (Å²) in [7, 11) is 0. The van der Waals surface area contributed by atoms with E-state index < -0.39 is 0 Å². The van der Waals surface area contributed by atoms with Gasteiger partial charge in [0.2, 0.25) is 0 Å². The lowest BCUT2D eigenvalue weighted by atomic mass is 9.98. The van der Waals surface area contributed by atoms with Gasteiger partial charge in [-0.3, -0.25) is 0 Å². The Balaban J connectivity index is 1.14. The first-order valence-corrected chi connectivity index (χ1v) is 21.7. The van der Waals surface area contributed by atoms with Gasteiger partial charge >= 0.3 is 0 Å². The van der Waals surface area contributed by atoms with E-state index in [2.05, 4.69) is 149 Å². The van der Waals surface area contributed by atoms with E-state index in [1.807, 2.05) is 78.9 Å². The minimum absolute atomic E-state index is 0.434. The lowest BCUT2D eigenvalue weighted by Gasteiger charge is -2.17. The molecule has 0 amide bonds. The fourth-order valence-corrected chi connectivity index (χ4v) is 9.36. The van der Waals surface area contributed by atoms with E-state index in [1.54, 1.807) is 6.07 Å². The lowest BCUT2D eigenvalue weighted by Crippen LogP contribution is -2.04. The smallest absolute Gasteiger partial charge is 0.166 e. The Morgan fingerprint density at radius 2 is 0.803 bits per heavy atom. The Bertz CT molecular complexity index is 3860. The van der Waals surface area contributed by atoms with Crippen LogP contribution >= 0.6 is 0 Å². The van der Waals surface area contributed by atoms with Crippen LogP contribution in [0, 0.1) is 22.7 Å². The minimum atomic E-state index is 0.434. The van der Waals surface area contributed by atoms with E-state index in [9.17, 15) is 10.5 Å². The first-order chi connectivity index (χ1) is 32.6. The van der Waals surface area contributed by atoms with Crippen LogP contribution in [0.15, 0.2) is 212 Å². The molecular formula is C59H35N7. The number of rotatable bonds is 7. The van der Waals surface area contributed by atoms with Crippen molar-refractivity contribution < 1.29 is 0 Å². The van der Waals surface area contributed by atoms with Crippen LogP contribution < -0.4 is 0 Å². The quantitative estimate of drug-likeness (QED) is 0.159. The zero-order valence-corrected chi connectivity index (χ0v) is 35.3. The molecule has 0 atom stereocenters. The maximum Gasteiger partial charge on any atom is 0.166 e. The van der Waals surface area contributed by atoms with Crippen LogP contribution in [-0.2, 0) is 0 Å². The van der Waals surface area contributed by atoms with Gasteiger partial charge in [-0.25, -0.2) is 15.0 Å². The predicted octanol–water partition coefficient (Wildman–Crippen LogP) is 14.1. The van der Waals surface area contributed by atoms with E-state index in [1.165, 1.54) is 5.39 Å². The molecule has 12 aromatic rings. The summed E-state index contributed by atoms with van der Waals surface area (Å²) in [6.45, 7) is 0. The first kappa shape index (κ1) is 38.3. The van der Waals surface area contributed by atoms with Crippen molar-refractivity contribution in [3.05, 3.63) is 223 Å². The van der Waals surface area contributed by atoms with Crippen LogP contribution in [0.25, 0.3) is 111 Å². The topological polar surface area (TPSA) is 96.1 Å². The number of benzene rings is 9. The highest BCUT2D eigenvalue weighted by Gasteiger charge is 2.22. The third kappa shape index (κ3) is 6.47.